The smallest absolute Gasteiger partial charge is 0.228 e. The first-order valence-electron chi connectivity index (χ1n) is 11.1. The number of rotatable bonds is 8. The Kier molecular flexibility index (Phi) is 10.5. The zero-order valence-electron chi connectivity index (χ0n) is 19.8. The van der Waals surface area contributed by atoms with Gasteiger partial charge < -0.3 is 10.2 Å². The highest BCUT2D eigenvalue weighted by molar-refractivity contribution is 5.94. The van der Waals surface area contributed by atoms with Crippen LogP contribution in [0.1, 0.15) is 68.4 Å². The first kappa shape index (κ1) is 24.7. The third-order valence-electron chi connectivity index (χ3n) is 4.99. The molecular weight excluding hydrogens is 356 g/mol. The molecule has 0 aliphatic heterocycles. The van der Waals surface area contributed by atoms with Gasteiger partial charge in [0.25, 0.3) is 0 Å². The molecule has 0 aromatic heterocycles. The van der Waals surface area contributed by atoms with Crippen LogP contribution in [0.2, 0.25) is 0 Å². The van der Waals surface area contributed by atoms with Crippen LogP contribution in [-0.4, -0.2) is 19.0 Å². The second-order valence-corrected chi connectivity index (χ2v) is 7.60. The minimum atomic E-state index is 0.0432. The Labute approximate surface area is 178 Å². The Morgan fingerprint density at radius 3 is 1.93 bits per heavy atom. The molecule has 0 heterocycles. The van der Waals surface area contributed by atoms with Crippen LogP contribution in [0, 0.1) is 27.7 Å². The first-order valence-corrected chi connectivity index (χ1v) is 11.1. The quantitative estimate of drug-likeness (QED) is 0.535. The van der Waals surface area contributed by atoms with Gasteiger partial charge in [0.1, 0.15) is 0 Å². The highest BCUT2D eigenvalue weighted by Gasteiger charge is 2.13. The molecule has 2 aromatic rings. The Bertz CT molecular complexity index is 766. The molecule has 3 nitrogen and oxygen atoms in total. The van der Waals surface area contributed by atoms with Gasteiger partial charge in [0, 0.05) is 24.5 Å². The third-order valence-corrected chi connectivity index (χ3v) is 4.99. The Hall–Kier alpha value is -2.29. The summed E-state index contributed by atoms with van der Waals surface area (Å²) in [5.41, 5.74) is 7.88. The van der Waals surface area contributed by atoms with Gasteiger partial charge in [0.2, 0.25) is 5.91 Å². The summed E-state index contributed by atoms with van der Waals surface area (Å²) in [7, 11) is 0. The van der Waals surface area contributed by atoms with Gasteiger partial charge in [-0.25, -0.2) is 0 Å². The van der Waals surface area contributed by atoms with E-state index >= 15 is 0 Å². The van der Waals surface area contributed by atoms with E-state index in [1.165, 1.54) is 11.3 Å². The zero-order valence-corrected chi connectivity index (χ0v) is 19.8. The van der Waals surface area contributed by atoms with Gasteiger partial charge in [-0.1, -0.05) is 51.5 Å². The summed E-state index contributed by atoms with van der Waals surface area (Å²) in [4.78, 5) is 15.1. The summed E-state index contributed by atoms with van der Waals surface area (Å²) in [6.07, 6.45) is 2.67. The summed E-state index contributed by atoms with van der Waals surface area (Å²) < 4.78 is 0. The highest BCUT2D eigenvalue weighted by Crippen LogP contribution is 2.28. The molecule has 0 spiro atoms. The molecule has 0 aliphatic carbocycles. The van der Waals surface area contributed by atoms with Crippen LogP contribution >= 0.6 is 0 Å². The SMILES string of the molecule is CC.CCCN(CCC)c1cc(C)c(NC(=O)Cc2cc(C)ccc2C)c(C)c1. The molecule has 3 heteroatoms. The number of hydrogen-bond donors (Lipinski definition) is 1. The molecule has 160 valence electrons. The van der Waals surface area contributed by atoms with Gasteiger partial charge in [-0.2, -0.15) is 0 Å². The summed E-state index contributed by atoms with van der Waals surface area (Å²) in [6.45, 7) is 18.8. The molecule has 0 unspecified atom stereocenters. The summed E-state index contributed by atoms with van der Waals surface area (Å²) >= 11 is 0. The summed E-state index contributed by atoms with van der Waals surface area (Å²) in [6, 6.07) is 10.7. The van der Waals surface area contributed by atoms with E-state index in [0.717, 1.165) is 53.9 Å². The second kappa shape index (κ2) is 12.3. The van der Waals surface area contributed by atoms with Crippen molar-refractivity contribution in [1.29, 1.82) is 0 Å². The molecule has 0 atom stereocenters. The Morgan fingerprint density at radius 1 is 0.862 bits per heavy atom. The summed E-state index contributed by atoms with van der Waals surface area (Å²) in [5.74, 6) is 0.0432. The van der Waals surface area contributed by atoms with Gasteiger partial charge in [-0.3, -0.25) is 4.79 Å². The van der Waals surface area contributed by atoms with E-state index in [1.807, 2.05) is 13.8 Å². The number of anilines is 2. The number of hydrogen-bond acceptors (Lipinski definition) is 2. The fourth-order valence-corrected chi connectivity index (χ4v) is 3.58. The average Bonchev–Trinajstić information content (AvgIpc) is 2.69. The number of nitrogens with one attached hydrogen (secondary N) is 1. The maximum absolute atomic E-state index is 12.7. The normalized spacial score (nSPS) is 10.2. The van der Waals surface area contributed by atoms with Crippen molar-refractivity contribution in [3.8, 4) is 0 Å². The van der Waals surface area contributed by atoms with Crippen molar-refractivity contribution in [3.63, 3.8) is 0 Å². The summed E-state index contributed by atoms with van der Waals surface area (Å²) in [5, 5.41) is 3.15. The average molecular weight is 397 g/mol. The van der Waals surface area contributed by atoms with Crippen LogP contribution in [0.25, 0.3) is 0 Å². The third kappa shape index (κ3) is 7.23. The van der Waals surface area contributed by atoms with E-state index in [9.17, 15) is 4.79 Å². The highest BCUT2D eigenvalue weighted by atomic mass is 16.1. The lowest BCUT2D eigenvalue weighted by atomic mass is 10.0. The monoisotopic (exact) mass is 396 g/mol. The fraction of sp³-hybridized carbons (Fsp3) is 0.500. The van der Waals surface area contributed by atoms with Gasteiger partial charge in [-0.05, 0) is 74.9 Å². The lowest BCUT2D eigenvalue weighted by Gasteiger charge is -2.26. The van der Waals surface area contributed by atoms with E-state index in [4.69, 9.17) is 0 Å². The number of amides is 1. The van der Waals surface area contributed by atoms with Crippen LogP contribution in [0.5, 0.6) is 0 Å². The topological polar surface area (TPSA) is 32.3 Å². The molecule has 1 amide bonds. The van der Waals surface area contributed by atoms with E-state index in [2.05, 4.69) is 82.1 Å². The maximum Gasteiger partial charge on any atom is 0.228 e. The van der Waals surface area contributed by atoms with Crippen LogP contribution in [0.3, 0.4) is 0 Å². The van der Waals surface area contributed by atoms with E-state index in [0.29, 0.717) is 6.42 Å². The molecular formula is C26H40N2O. The second-order valence-electron chi connectivity index (χ2n) is 7.60. The molecule has 2 aromatic carbocycles. The fourth-order valence-electron chi connectivity index (χ4n) is 3.58. The number of benzene rings is 2. The van der Waals surface area contributed by atoms with E-state index < -0.39 is 0 Å². The van der Waals surface area contributed by atoms with E-state index in [1.54, 1.807) is 0 Å². The lowest BCUT2D eigenvalue weighted by Crippen LogP contribution is -2.25. The van der Waals surface area contributed by atoms with Crippen LogP contribution in [-0.2, 0) is 11.2 Å². The first-order chi connectivity index (χ1) is 13.8. The largest absolute Gasteiger partial charge is 0.372 e. The van der Waals surface area contributed by atoms with Crippen molar-refractivity contribution < 1.29 is 4.79 Å². The van der Waals surface area contributed by atoms with Crippen molar-refractivity contribution in [2.24, 2.45) is 0 Å². The standard InChI is InChI=1S/C24H34N2O.C2H6/c1-7-11-26(12-8-2)22-14-19(5)24(20(6)15-22)25-23(27)16-21-13-17(3)9-10-18(21)4;1-2/h9-10,13-15H,7-8,11-12,16H2,1-6H3,(H,25,27);1-2H3. The number of nitrogens with zero attached hydrogens (tertiary/aromatic N) is 1. The molecule has 0 saturated heterocycles. The Balaban J connectivity index is 0.00000204. The minimum absolute atomic E-state index is 0.0432. The predicted octanol–water partition coefficient (Wildman–Crippen LogP) is 6.75. The van der Waals surface area contributed by atoms with Gasteiger partial charge in [0.05, 0.1) is 6.42 Å². The number of aryl methyl sites for hydroxylation is 4. The van der Waals surface area contributed by atoms with E-state index in [-0.39, 0.29) is 5.91 Å². The van der Waals surface area contributed by atoms with Crippen molar-refractivity contribution in [3.05, 3.63) is 58.1 Å². The molecule has 1 N–H and O–H groups in total. The molecule has 0 aliphatic rings. The number of carbonyl (C=O) groups excluding carboxylic acids is 1. The lowest BCUT2D eigenvalue weighted by molar-refractivity contribution is -0.115. The van der Waals surface area contributed by atoms with Crippen molar-refractivity contribution in [1.82, 2.24) is 0 Å². The van der Waals surface area contributed by atoms with Crippen molar-refractivity contribution in [2.75, 3.05) is 23.3 Å². The number of carbonyl (C=O) groups is 1. The van der Waals surface area contributed by atoms with Crippen LogP contribution in [0.15, 0.2) is 30.3 Å². The molecule has 0 radical (unpaired) electrons. The zero-order chi connectivity index (χ0) is 22.0. The van der Waals surface area contributed by atoms with Crippen molar-refractivity contribution in [2.45, 2.75) is 74.7 Å². The predicted molar refractivity (Wildman–Crippen MR) is 128 cm³/mol. The molecule has 0 bridgehead atoms. The van der Waals surface area contributed by atoms with Gasteiger partial charge in [-0.15, -0.1) is 0 Å². The van der Waals surface area contributed by atoms with Gasteiger partial charge >= 0.3 is 0 Å². The maximum atomic E-state index is 12.7. The Morgan fingerprint density at radius 2 is 1.41 bits per heavy atom. The molecule has 0 fully saturated rings. The van der Waals surface area contributed by atoms with Crippen LogP contribution < -0.4 is 10.2 Å². The molecule has 29 heavy (non-hydrogen) atoms. The molecule has 0 saturated carbocycles. The molecule has 2 rings (SSSR count). The van der Waals surface area contributed by atoms with Crippen molar-refractivity contribution >= 4 is 17.3 Å². The van der Waals surface area contributed by atoms with Crippen LogP contribution in [0.4, 0.5) is 11.4 Å². The minimum Gasteiger partial charge on any atom is -0.372 e. The van der Waals surface area contributed by atoms with Gasteiger partial charge in [0.15, 0.2) is 0 Å².